The first kappa shape index (κ1) is 6.95. The number of carbonyl (C=O) groups excluding carboxylic acids is 1. The number of rotatable bonds is 3. The molecule has 1 heterocycles. The van der Waals surface area contributed by atoms with Gasteiger partial charge in [0.2, 0.25) is 0 Å². The van der Waals surface area contributed by atoms with Crippen LogP contribution in [0.2, 0.25) is 0 Å². The van der Waals surface area contributed by atoms with E-state index in [1.165, 1.54) is 0 Å². The third kappa shape index (κ3) is 1.66. The summed E-state index contributed by atoms with van der Waals surface area (Å²) >= 11 is 0. The second kappa shape index (κ2) is 3.12. The predicted octanol–water partition coefficient (Wildman–Crippen LogP) is -0.591. The highest BCUT2D eigenvalue weighted by atomic mass is 16.1. The second-order valence-electron chi connectivity index (χ2n) is 2.03. The largest absolute Gasteiger partial charge is 0.320 e. The summed E-state index contributed by atoms with van der Waals surface area (Å²) in [7, 11) is 0. The SMILES string of the molecule is NC(C=O)Cn1cccn1. The van der Waals surface area contributed by atoms with E-state index >= 15 is 0 Å². The first-order valence-electron chi connectivity index (χ1n) is 3.01. The van der Waals surface area contributed by atoms with Crippen molar-refractivity contribution in [3.05, 3.63) is 18.5 Å². The Balaban J connectivity index is 2.47. The van der Waals surface area contributed by atoms with Gasteiger partial charge in [-0.2, -0.15) is 5.10 Å². The molecule has 1 aromatic heterocycles. The lowest BCUT2D eigenvalue weighted by molar-refractivity contribution is -0.109. The fourth-order valence-electron chi connectivity index (χ4n) is 0.667. The molecule has 2 N–H and O–H groups in total. The zero-order valence-electron chi connectivity index (χ0n) is 5.47. The molecule has 0 fully saturated rings. The maximum atomic E-state index is 10.1. The summed E-state index contributed by atoms with van der Waals surface area (Å²) in [6.07, 6.45) is 4.13. The standard InChI is InChI=1S/C6H9N3O/c7-6(5-10)4-9-3-1-2-8-9/h1-3,5-6H,4,7H2. The first-order valence-corrected chi connectivity index (χ1v) is 3.01. The van der Waals surface area contributed by atoms with E-state index in [1.807, 2.05) is 0 Å². The van der Waals surface area contributed by atoms with Gasteiger partial charge in [-0.05, 0) is 6.07 Å². The van der Waals surface area contributed by atoms with E-state index in [9.17, 15) is 4.79 Å². The first-order chi connectivity index (χ1) is 4.83. The molecule has 1 unspecified atom stereocenters. The van der Waals surface area contributed by atoms with Crippen molar-refractivity contribution in [2.24, 2.45) is 5.73 Å². The van der Waals surface area contributed by atoms with Gasteiger partial charge in [0.05, 0.1) is 12.6 Å². The van der Waals surface area contributed by atoms with Gasteiger partial charge in [0, 0.05) is 12.4 Å². The Hall–Kier alpha value is -1.16. The number of aldehydes is 1. The van der Waals surface area contributed by atoms with Gasteiger partial charge in [-0.3, -0.25) is 4.68 Å². The summed E-state index contributed by atoms with van der Waals surface area (Å²) in [4.78, 5) is 10.1. The van der Waals surface area contributed by atoms with Crippen LogP contribution in [0.25, 0.3) is 0 Å². The van der Waals surface area contributed by atoms with Crippen LogP contribution in [0.1, 0.15) is 0 Å². The van der Waals surface area contributed by atoms with Crippen molar-refractivity contribution in [2.45, 2.75) is 12.6 Å². The molecule has 10 heavy (non-hydrogen) atoms. The van der Waals surface area contributed by atoms with Crippen LogP contribution in [0.15, 0.2) is 18.5 Å². The molecule has 1 aromatic rings. The molecule has 4 heteroatoms. The lowest BCUT2D eigenvalue weighted by Gasteiger charge is -2.01. The summed E-state index contributed by atoms with van der Waals surface area (Å²) in [5.74, 6) is 0. The van der Waals surface area contributed by atoms with Crippen molar-refractivity contribution >= 4 is 6.29 Å². The Bertz CT molecular complexity index is 195. The average molecular weight is 139 g/mol. The number of aromatic nitrogens is 2. The topological polar surface area (TPSA) is 60.9 Å². The van der Waals surface area contributed by atoms with Crippen LogP contribution in [-0.2, 0) is 11.3 Å². The Morgan fingerprint density at radius 3 is 3.10 bits per heavy atom. The van der Waals surface area contributed by atoms with E-state index in [4.69, 9.17) is 5.73 Å². The minimum atomic E-state index is -0.445. The molecule has 0 spiro atoms. The normalized spacial score (nSPS) is 12.9. The predicted molar refractivity (Wildman–Crippen MR) is 36.3 cm³/mol. The van der Waals surface area contributed by atoms with Crippen molar-refractivity contribution in [2.75, 3.05) is 0 Å². The van der Waals surface area contributed by atoms with Crippen LogP contribution < -0.4 is 5.73 Å². The summed E-state index contributed by atoms with van der Waals surface area (Å²) in [6.45, 7) is 0.455. The molecule has 0 aromatic carbocycles. The minimum Gasteiger partial charge on any atom is -0.320 e. The van der Waals surface area contributed by atoms with Crippen LogP contribution in [0.5, 0.6) is 0 Å². The van der Waals surface area contributed by atoms with Gasteiger partial charge in [0.25, 0.3) is 0 Å². The van der Waals surface area contributed by atoms with E-state index in [0.717, 1.165) is 0 Å². The van der Waals surface area contributed by atoms with Crippen molar-refractivity contribution < 1.29 is 4.79 Å². The van der Waals surface area contributed by atoms with E-state index in [1.54, 1.807) is 23.1 Å². The van der Waals surface area contributed by atoms with Gasteiger partial charge in [-0.1, -0.05) is 0 Å². The van der Waals surface area contributed by atoms with E-state index in [0.29, 0.717) is 12.8 Å². The molecule has 0 bridgehead atoms. The Kier molecular flexibility index (Phi) is 2.17. The van der Waals surface area contributed by atoms with Crippen LogP contribution in [-0.4, -0.2) is 22.1 Å². The highest BCUT2D eigenvalue weighted by Gasteiger charge is 1.99. The summed E-state index contributed by atoms with van der Waals surface area (Å²) in [5, 5.41) is 3.88. The van der Waals surface area contributed by atoms with Gasteiger partial charge in [0.15, 0.2) is 0 Å². The molecule has 0 aliphatic heterocycles. The van der Waals surface area contributed by atoms with E-state index in [-0.39, 0.29) is 0 Å². The maximum Gasteiger partial charge on any atom is 0.138 e. The molecule has 0 saturated carbocycles. The second-order valence-corrected chi connectivity index (χ2v) is 2.03. The van der Waals surface area contributed by atoms with Gasteiger partial charge < -0.3 is 10.5 Å². The molecule has 1 atom stereocenters. The molecule has 1 rings (SSSR count). The van der Waals surface area contributed by atoms with Gasteiger partial charge in [0.1, 0.15) is 6.29 Å². The van der Waals surface area contributed by atoms with Crippen molar-refractivity contribution in [3.63, 3.8) is 0 Å². The van der Waals surface area contributed by atoms with E-state index in [2.05, 4.69) is 5.10 Å². The lowest BCUT2D eigenvalue weighted by atomic mass is 10.3. The molecule has 0 saturated heterocycles. The number of hydrogen-bond donors (Lipinski definition) is 1. The fourth-order valence-corrected chi connectivity index (χ4v) is 0.667. The molecule has 0 amide bonds. The van der Waals surface area contributed by atoms with Crippen LogP contribution in [0.4, 0.5) is 0 Å². The highest BCUT2D eigenvalue weighted by molar-refractivity contribution is 5.56. The van der Waals surface area contributed by atoms with Crippen molar-refractivity contribution in [1.29, 1.82) is 0 Å². The molecular weight excluding hydrogens is 130 g/mol. The minimum absolute atomic E-state index is 0.445. The molecule has 0 aliphatic rings. The Labute approximate surface area is 58.6 Å². The fraction of sp³-hybridized carbons (Fsp3) is 0.333. The molecular formula is C6H9N3O. The third-order valence-electron chi connectivity index (χ3n) is 1.13. The van der Waals surface area contributed by atoms with Gasteiger partial charge in [-0.15, -0.1) is 0 Å². The molecule has 54 valence electrons. The Morgan fingerprint density at radius 1 is 1.80 bits per heavy atom. The van der Waals surface area contributed by atoms with Crippen LogP contribution in [0.3, 0.4) is 0 Å². The number of hydrogen-bond acceptors (Lipinski definition) is 3. The molecule has 4 nitrogen and oxygen atoms in total. The van der Waals surface area contributed by atoms with Crippen molar-refractivity contribution in [3.8, 4) is 0 Å². The lowest BCUT2D eigenvalue weighted by Crippen LogP contribution is -2.27. The van der Waals surface area contributed by atoms with Crippen molar-refractivity contribution in [1.82, 2.24) is 9.78 Å². The third-order valence-corrected chi connectivity index (χ3v) is 1.13. The zero-order chi connectivity index (χ0) is 7.40. The van der Waals surface area contributed by atoms with Crippen LogP contribution in [0, 0.1) is 0 Å². The zero-order valence-corrected chi connectivity index (χ0v) is 5.47. The van der Waals surface area contributed by atoms with Gasteiger partial charge >= 0.3 is 0 Å². The monoisotopic (exact) mass is 139 g/mol. The molecule has 0 radical (unpaired) electrons. The maximum absolute atomic E-state index is 10.1. The molecule has 0 aliphatic carbocycles. The quantitative estimate of drug-likeness (QED) is 0.569. The summed E-state index contributed by atoms with van der Waals surface area (Å²) in [6, 6.07) is 1.34. The highest BCUT2D eigenvalue weighted by Crippen LogP contribution is 1.85. The van der Waals surface area contributed by atoms with E-state index < -0.39 is 6.04 Å². The number of nitrogens with zero attached hydrogens (tertiary/aromatic N) is 2. The average Bonchev–Trinajstić information content (AvgIpc) is 2.40. The number of nitrogens with two attached hydrogens (primary N) is 1. The van der Waals surface area contributed by atoms with Crippen LogP contribution >= 0.6 is 0 Å². The van der Waals surface area contributed by atoms with Gasteiger partial charge in [-0.25, -0.2) is 0 Å². The summed E-state index contributed by atoms with van der Waals surface area (Å²) in [5.41, 5.74) is 5.34. The summed E-state index contributed by atoms with van der Waals surface area (Å²) < 4.78 is 1.62. The number of carbonyl (C=O) groups is 1. The Morgan fingerprint density at radius 2 is 2.60 bits per heavy atom. The smallest absolute Gasteiger partial charge is 0.138 e.